The number of amides is 2. The first-order valence-electron chi connectivity index (χ1n) is 7.13. The van der Waals surface area contributed by atoms with Crippen LogP contribution in [0, 0.1) is 6.92 Å². The van der Waals surface area contributed by atoms with Crippen LogP contribution in [0.25, 0.3) is 0 Å². The van der Waals surface area contributed by atoms with Gasteiger partial charge in [-0.2, -0.15) is 0 Å². The Morgan fingerprint density at radius 3 is 2.87 bits per heavy atom. The largest absolute Gasteiger partial charge is 0.482 e. The Bertz CT molecular complexity index is 776. The summed E-state index contributed by atoms with van der Waals surface area (Å²) in [5, 5.41) is 3.34. The molecule has 6 heteroatoms. The molecule has 0 aromatic heterocycles. The van der Waals surface area contributed by atoms with Crippen molar-refractivity contribution < 1.29 is 14.3 Å². The van der Waals surface area contributed by atoms with Crippen LogP contribution in [-0.4, -0.2) is 25.0 Å². The van der Waals surface area contributed by atoms with Crippen LogP contribution in [0.15, 0.2) is 42.5 Å². The van der Waals surface area contributed by atoms with Gasteiger partial charge in [-0.1, -0.05) is 29.8 Å². The van der Waals surface area contributed by atoms with Gasteiger partial charge in [-0.15, -0.1) is 0 Å². The molecule has 0 bridgehead atoms. The standard InChI is InChI=1S/C17H15ClN2O3/c1-11-4-2-3-5-13(11)19-16(21)9-20-14-7-6-12(18)8-15(14)23-10-17(20)22/h2-8H,9-10H2,1H3,(H,19,21). The molecule has 1 heterocycles. The smallest absolute Gasteiger partial charge is 0.265 e. The normalized spacial score (nSPS) is 13.3. The van der Waals surface area contributed by atoms with Crippen molar-refractivity contribution in [3.05, 3.63) is 53.1 Å². The third kappa shape index (κ3) is 3.29. The predicted octanol–water partition coefficient (Wildman–Crippen LogP) is 3.01. The number of hydrogen-bond acceptors (Lipinski definition) is 3. The highest BCUT2D eigenvalue weighted by molar-refractivity contribution is 6.31. The summed E-state index contributed by atoms with van der Waals surface area (Å²) in [4.78, 5) is 25.8. The van der Waals surface area contributed by atoms with Gasteiger partial charge in [-0.25, -0.2) is 0 Å². The average molecular weight is 331 g/mol. The van der Waals surface area contributed by atoms with E-state index in [1.807, 2.05) is 31.2 Å². The number of aryl methyl sites for hydroxylation is 1. The second-order valence-electron chi connectivity index (χ2n) is 5.24. The molecule has 0 atom stereocenters. The van der Waals surface area contributed by atoms with Crippen LogP contribution in [0.3, 0.4) is 0 Å². The fourth-order valence-corrected chi connectivity index (χ4v) is 2.56. The molecule has 118 valence electrons. The fraction of sp³-hybridized carbons (Fsp3) is 0.176. The summed E-state index contributed by atoms with van der Waals surface area (Å²) in [7, 11) is 0. The molecule has 5 nitrogen and oxygen atoms in total. The Hall–Kier alpha value is -2.53. The van der Waals surface area contributed by atoms with Gasteiger partial charge in [0.05, 0.1) is 5.69 Å². The lowest BCUT2D eigenvalue weighted by atomic mass is 10.2. The van der Waals surface area contributed by atoms with Crippen molar-refractivity contribution in [3.63, 3.8) is 0 Å². The van der Waals surface area contributed by atoms with Crippen LogP contribution in [0.2, 0.25) is 5.02 Å². The van der Waals surface area contributed by atoms with E-state index in [0.717, 1.165) is 11.3 Å². The maximum atomic E-state index is 12.3. The Balaban J connectivity index is 1.78. The molecule has 1 aliphatic heterocycles. The van der Waals surface area contributed by atoms with Crippen LogP contribution in [-0.2, 0) is 9.59 Å². The second kappa shape index (κ2) is 6.30. The van der Waals surface area contributed by atoms with Gasteiger partial charge in [0.2, 0.25) is 5.91 Å². The molecule has 3 rings (SSSR count). The number of nitrogens with one attached hydrogen (secondary N) is 1. The Morgan fingerprint density at radius 1 is 1.30 bits per heavy atom. The minimum atomic E-state index is -0.268. The molecule has 23 heavy (non-hydrogen) atoms. The topological polar surface area (TPSA) is 58.6 Å². The van der Waals surface area contributed by atoms with Gasteiger partial charge in [0.15, 0.2) is 6.61 Å². The lowest BCUT2D eigenvalue weighted by Crippen LogP contribution is -2.43. The molecule has 2 aromatic carbocycles. The van der Waals surface area contributed by atoms with E-state index in [0.29, 0.717) is 16.5 Å². The SMILES string of the molecule is Cc1ccccc1NC(=O)CN1C(=O)COc2cc(Cl)ccc21. The Morgan fingerprint density at radius 2 is 2.09 bits per heavy atom. The number of halogens is 1. The summed E-state index contributed by atoms with van der Waals surface area (Å²) >= 11 is 5.93. The first kappa shape index (κ1) is 15.4. The van der Waals surface area contributed by atoms with Gasteiger partial charge in [0.25, 0.3) is 5.91 Å². The average Bonchev–Trinajstić information content (AvgIpc) is 2.52. The van der Waals surface area contributed by atoms with Crippen molar-refractivity contribution in [3.8, 4) is 5.75 Å². The van der Waals surface area contributed by atoms with Crippen molar-refractivity contribution in [2.45, 2.75) is 6.92 Å². The first-order chi connectivity index (χ1) is 11.0. The number of rotatable bonds is 3. The number of carbonyl (C=O) groups is 2. The van der Waals surface area contributed by atoms with Crippen LogP contribution in [0.1, 0.15) is 5.56 Å². The summed E-state index contributed by atoms with van der Waals surface area (Å²) < 4.78 is 5.36. The van der Waals surface area contributed by atoms with Gasteiger partial charge in [-0.05, 0) is 30.7 Å². The molecule has 0 spiro atoms. The molecule has 2 aromatic rings. The summed E-state index contributed by atoms with van der Waals surface area (Å²) in [6, 6.07) is 12.4. The number of anilines is 2. The summed E-state index contributed by atoms with van der Waals surface area (Å²) in [6.07, 6.45) is 0. The van der Waals surface area contributed by atoms with E-state index >= 15 is 0 Å². The molecule has 0 unspecified atom stereocenters. The van der Waals surface area contributed by atoms with Crippen LogP contribution >= 0.6 is 11.6 Å². The zero-order valence-corrected chi connectivity index (χ0v) is 13.3. The molecule has 1 aliphatic rings. The minimum Gasteiger partial charge on any atom is -0.482 e. The monoisotopic (exact) mass is 330 g/mol. The van der Waals surface area contributed by atoms with E-state index in [1.165, 1.54) is 4.90 Å². The molecule has 1 N–H and O–H groups in total. The van der Waals surface area contributed by atoms with Crippen molar-refractivity contribution >= 4 is 34.8 Å². The predicted molar refractivity (Wildman–Crippen MR) is 89.1 cm³/mol. The highest BCUT2D eigenvalue weighted by atomic mass is 35.5. The number of ether oxygens (including phenoxy) is 1. The quantitative estimate of drug-likeness (QED) is 0.941. The van der Waals surface area contributed by atoms with Crippen LogP contribution in [0.4, 0.5) is 11.4 Å². The number of fused-ring (bicyclic) bond motifs is 1. The zero-order valence-electron chi connectivity index (χ0n) is 12.5. The van der Waals surface area contributed by atoms with E-state index in [1.54, 1.807) is 18.2 Å². The highest BCUT2D eigenvalue weighted by Crippen LogP contribution is 2.34. The van der Waals surface area contributed by atoms with Crippen molar-refractivity contribution in [1.29, 1.82) is 0 Å². The van der Waals surface area contributed by atoms with E-state index < -0.39 is 0 Å². The second-order valence-corrected chi connectivity index (χ2v) is 5.68. The summed E-state index contributed by atoms with van der Waals surface area (Å²) in [5.74, 6) is -0.0315. The van der Waals surface area contributed by atoms with Crippen molar-refractivity contribution in [1.82, 2.24) is 0 Å². The van der Waals surface area contributed by atoms with E-state index in [4.69, 9.17) is 16.3 Å². The van der Waals surface area contributed by atoms with Crippen molar-refractivity contribution in [2.24, 2.45) is 0 Å². The third-order valence-electron chi connectivity index (χ3n) is 3.59. The van der Waals surface area contributed by atoms with Gasteiger partial charge < -0.3 is 10.1 Å². The molecular weight excluding hydrogens is 316 g/mol. The Kier molecular flexibility index (Phi) is 4.21. The third-order valence-corrected chi connectivity index (χ3v) is 3.82. The van der Waals surface area contributed by atoms with Crippen LogP contribution in [0.5, 0.6) is 5.75 Å². The lowest BCUT2D eigenvalue weighted by molar-refractivity contribution is -0.123. The van der Waals surface area contributed by atoms with Gasteiger partial charge in [0.1, 0.15) is 12.3 Å². The Labute approximate surface area is 138 Å². The first-order valence-corrected chi connectivity index (χ1v) is 7.50. The van der Waals surface area contributed by atoms with Gasteiger partial charge >= 0.3 is 0 Å². The molecule has 0 radical (unpaired) electrons. The zero-order chi connectivity index (χ0) is 16.4. The van der Waals surface area contributed by atoms with Gasteiger partial charge in [-0.3, -0.25) is 14.5 Å². The lowest BCUT2D eigenvalue weighted by Gasteiger charge is -2.29. The molecule has 0 aliphatic carbocycles. The number of para-hydroxylation sites is 1. The maximum Gasteiger partial charge on any atom is 0.265 e. The summed E-state index contributed by atoms with van der Waals surface area (Å²) in [5.41, 5.74) is 2.24. The molecule has 0 saturated carbocycles. The summed E-state index contributed by atoms with van der Waals surface area (Å²) in [6.45, 7) is 1.73. The highest BCUT2D eigenvalue weighted by Gasteiger charge is 2.27. The molecule has 0 saturated heterocycles. The number of nitrogens with zero attached hydrogens (tertiary/aromatic N) is 1. The number of hydrogen-bond donors (Lipinski definition) is 1. The van der Waals surface area contributed by atoms with E-state index in [2.05, 4.69) is 5.32 Å². The van der Waals surface area contributed by atoms with E-state index in [-0.39, 0.29) is 25.0 Å². The molecular formula is C17H15ClN2O3. The van der Waals surface area contributed by atoms with Crippen LogP contribution < -0.4 is 15.0 Å². The number of benzene rings is 2. The fourth-order valence-electron chi connectivity index (χ4n) is 2.40. The van der Waals surface area contributed by atoms with E-state index in [9.17, 15) is 9.59 Å². The minimum absolute atomic E-state index is 0.0782. The number of carbonyl (C=O) groups excluding carboxylic acids is 2. The van der Waals surface area contributed by atoms with Crippen molar-refractivity contribution in [2.75, 3.05) is 23.4 Å². The van der Waals surface area contributed by atoms with Gasteiger partial charge in [0, 0.05) is 16.8 Å². The maximum absolute atomic E-state index is 12.3. The molecule has 2 amide bonds. The molecule has 0 fully saturated rings.